The summed E-state index contributed by atoms with van der Waals surface area (Å²) in [6.45, 7) is 2.44. The van der Waals surface area contributed by atoms with Crippen molar-refractivity contribution in [3.05, 3.63) is 51.5 Å². The van der Waals surface area contributed by atoms with Crippen molar-refractivity contribution in [1.82, 2.24) is 5.32 Å². The third kappa shape index (κ3) is 5.30. The zero-order valence-corrected chi connectivity index (χ0v) is 15.1. The van der Waals surface area contributed by atoms with Gasteiger partial charge < -0.3 is 15.5 Å². The topological polar surface area (TPSA) is 62.6 Å². The molecule has 0 radical (unpaired) electrons. The molecule has 2 aromatic rings. The molecule has 0 fully saturated rings. The van der Waals surface area contributed by atoms with Crippen molar-refractivity contribution in [1.29, 1.82) is 0 Å². The Bertz CT molecular complexity index is 811. The van der Waals surface area contributed by atoms with E-state index in [0.717, 1.165) is 11.0 Å². The Morgan fingerprint density at radius 1 is 1.12 bits per heavy atom. The minimum Gasteiger partial charge on any atom is -0.342 e. The maximum Gasteiger partial charge on any atom is 0.275 e. The highest BCUT2D eigenvalue weighted by Crippen LogP contribution is 2.19. The van der Waals surface area contributed by atoms with E-state index in [1.54, 1.807) is 11.3 Å². The molecule has 0 aliphatic rings. The van der Waals surface area contributed by atoms with Crippen LogP contribution in [0.5, 0.6) is 0 Å². The third-order valence-electron chi connectivity index (χ3n) is 3.65. The molecule has 5 nitrogen and oxygen atoms in total. The van der Waals surface area contributed by atoms with E-state index in [4.69, 9.17) is 0 Å². The largest absolute Gasteiger partial charge is 0.342 e. The summed E-state index contributed by atoms with van der Waals surface area (Å²) in [7, 11) is 1.86. The second kappa shape index (κ2) is 8.81. The Kier molecular flexibility index (Phi) is 6.76. The summed E-state index contributed by atoms with van der Waals surface area (Å²) in [5, 5.41) is 6.49. The minimum absolute atomic E-state index is 0.157. The van der Waals surface area contributed by atoms with Crippen LogP contribution < -0.4 is 15.5 Å². The van der Waals surface area contributed by atoms with Crippen molar-refractivity contribution >= 4 is 28.8 Å². The summed E-state index contributed by atoms with van der Waals surface area (Å²) in [6.07, 6.45) is 0. The highest BCUT2D eigenvalue weighted by Gasteiger charge is 2.17. The van der Waals surface area contributed by atoms with Gasteiger partial charge in [-0.05, 0) is 36.1 Å². The van der Waals surface area contributed by atoms with Crippen molar-refractivity contribution in [3.63, 3.8) is 0 Å². The Labute approximate surface area is 152 Å². The fourth-order valence-corrected chi connectivity index (χ4v) is 3.27. The number of quaternary nitrogens is 1. The Morgan fingerprint density at radius 2 is 1.85 bits per heavy atom. The van der Waals surface area contributed by atoms with Crippen molar-refractivity contribution in [2.45, 2.75) is 13.5 Å². The Morgan fingerprint density at radius 3 is 2.50 bits per heavy atom. The van der Waals surface area contributed by atoms with Crippen LogP contribution in [-0.4, -0.2) is 32.0 Å². The molecule has 9 heteroatoms. The van der Waals surface area contributed by atoms with Gasteiger partial charge in [0.25, 0.3) is 5.91 Å². The van der Waals surface area contributed by atoms with E-state index in [0.29, 0.717) is 12.6 Å². The van der Waals surface area contributed by atoms with E-state index in [9.17, 15) is 22.8 Å². The predicted octanol–water partition coefficient (Wildman–Crippen LogP) is 1.24. The van der Waals surface area contributed by atoms with E-state index in [1.165, 1.54) is 10.4 Å². The number of carbonyl (C=O) groups is 2. The van der Waals surface area contributed by atoms with E-state index in [-0.39, 0.29) is 12.5 Å². The van der Waals surface area contributed by atoms with Crippen LogP contribution in [0.1, 0.15) is 10.4 Å². The number of carbonyl (C=O) groups excluding carboxylic acids is 2. The molecule has 0 saturated carbocycles. The summed E-state index contributed by atoms with van der Waals surface area (Å²) >= 11 is 1.62. The van der Waals surface area contributed by atoms with Crippen LogP contribution in [0.15, 0.2) is 23.6 Å². The average molecular weight is 386 g/mol. The molecule has 1 unspecified atom stereocenters. The first-order valence-electron chi connectivity index (χ1n) is 7.82. The molecule has 3 N–H and O–H groups in total. The van der Waals surface area contributed by atoms with Crippen LogP contribution in [0.25, 0.3) is 0 Å². The van der Waals surface area contributed by atoms with Gasteiger partial charge in [0.1, 0.15) is 6.54 Å². The van der Waals surface area contributed by atoms with Gasteiger partial charge in [0.05, 0.1) is 24.2 Å². The van der Waals surface area contributed by atoms with Gasteiger partial charge >= 0.3 is 0 Å². The monoisotopic (exact) mass is 386 g/mol. The molecular formula is C17H19F3N3O2S+. The number of rotatable bonds is 7. The predicted molar refractivity (Wildman–Crippen MR) is 92.5 cm³/mol. The average Bonchev–Trinajstić information content (AvgIpc) is 2.98. The summed E-state index contributed by atoms with van der Waals surface area (Å²) in [4.78, 5) is 25.8. The molecule has 1 aromatic heterocycles. The van der Waals surface area contributed by atoms with E-state index < -0.39 is 35.6 Å². The number of hydrogen-bond donors (Lipinski definition) is 3. The Balaban J connectivity index is 1.79. The summed E-state index contributed by atoms with van der Waals surface area (Å²) in [6, 6.07) is 3.63. The maximum absolute atomic E-state index is 13.5. The molecule has 0 bridgehead atoms. The molecule has 1 aromatic carbocycles. The van der Waals surface area contributed by atoms with Crippen LogP contribution in [0.2, 0.25) is 0 Å². The number of aryl methyl sites for hydroxylation is 1. The molecular weight excluding hydrogens is 367 g/mol. The molecule has 0 aliphatic carbocycles. The van der Waals surface area contributed by atoms with Crippen LogP contribution in [0.4, 0.5) is 18.9 Å². The van der Waals surface area contributed by atoms with E-state index >= 15 is 0 Å². The van der Waals surface area contributed by atoms with Crippen LogP contribution in [0, 0.1) is 24.4 Å². The van der Waals surface area contributed by atoms with Crippen LogP contribution in [-0.2, 0) is 16.1 Å². The minimum atomic E-state index is -1.67. The van der Waals surface area contributed by atoms with Gasteiger partial charge in [-0.3, -0.25) is 9.59 Å². The number of anilines is 1. The number of thiophene rings is 1. The lowest BCUT2D eigenvalue weighted by Crippen LogP contribution is -3.08. The molecule has 26 heavy (non-hydrogen) atoms. The number of amides is 2. The van der Waals surface area contributed by atoms with Crippen molar-refractivity contribution in [2.24, 2.45) is 0 Å². The third-order valence-corrected chi connectivity index (χ3v) is 4.67. The fraction of sp³-hybridized carbons (Fsp3) is 0.294. The first kappa shape index (κ1) is 19.9. The first-order valence-corrected chi connectivity index (χ1v) is 8.70. The molecule has 0 saturated heterocycles. The molecule has 2 amide bonds. The molecule has 1 heterocycles. The highest BCUT2D eigenvalue weighted by atomic mass is 32.1. The fourth-order valence-electron chi connectivity index (χ4n) is 2.25. The summed E-state index contributed by atoms with van der Waals surface area (Å²) < 4.78 is 39.4. The lowest BCUT2D eigenvalue weighted by Gasteiger charge is -2.13. The number of hydrogen-bond acceptors (Lipinski definition) is 3. The molecule has 140 valence electrons. The summed E-state index contributed by atoms with van der Waals surface area (Å²) in [5.74, 6) is -5.59. The number of nitrogens with one attached hydrogen (secondary N) is 3. The lowest BCUT2D eigenvalue weighted by molar-refractivity contribution is -0.885. The molecule has 0 aliphatic heterocycles. The van der Waals surface area contributed by atoms with Gasteiger partial charge in [-0.2, -0.15) is 0 Å². The van der Waals surface area contributed by atoms with Gasteiger partial charge in [0, 0.05) is 0 Å². The zero-order valence-electron chi connectivity index (χ0n) is 14.3. The maximum atomic E-state index is 13.5. The normalized spacial score (nSPS) is 11.9. The van der Waals surface area contributed by atoms with Crippen molar-refractivity contribution in [2.75, 3.05) is 25.5 Å². The van der Waals surface area contributed by atoms with E-state index in [1.807, 2.05) is 25.4 Å². The lowest BCUT2D eigenvalue weighted by atomic mass is 10.2. The second-order valence-electron chi connectivity index (χ2n) is 5.89. The standard InChI is InChI=1S/C17H18F3N3O2S/c1-10-5-6-26-13(10)8-23(2)9-15(25)21-7-14(24)22-12-4-3-11(18)16(19)17(12)20/h3-6H,7-9H2,1-2H3,(H,21,25)(H,22,24)/p+1. The smallest absolute Gasteiger partial charge is 0.275 e. The first-order chi connectivity index (χ1) is 12.3. The SMILES string of the molecule is Cc1ccsc1C[NH+](C)CC(=O)NCC(=O)Nc1ccc(F)c(F)c1F. The van der Waals surface area contributed by atoms with Gasteiger partial charge in [-0.1, -0.05) is 0 Å². The van der Waals surface area contributed by atoms with Crippen LogP contribution in [0.3, 0.4) is 0 Å². The number of likely N-dealkylation sites (N-methyl/N-ethyl adjacent to an activating group) is 1. The van der Waals surface area contributed by atoms with Gasteiger partial charge in [-0.25, -0.2) is 13.2 Å². The zero-order chi connectivity index (χ0) is 19.3. The summed E-state index contributed by atoms with van der Waals surface area (Å²) in [5.41, 5.74) is 0.682. The van der Waals surface area contributed by atoms with Gasteiger partial charge in [0.2, 0.25) is 5.91 Å². The highest BCUT2D eigenvalue weighted by molar-refractivity contribution is 7.10. The van der Waals surface area contributed by atoms with Crippen LogP contribution >= 0.6 is 11.3 Å². The quantitative estimate of drug-likeness (QED) is 0.627. The Hall–Kier alpha value is -2.39. The van der Waals surface area contributed by atoms with E-state index in [2.05, 4.69) is 10.6 Å². The molecule has 2 rings (SSSR count). The molecule has 1 atom stereocenters. The molecule has 0 spiro atoms. The van der Waals surface area contributed by atoms with Crippen molar-refractivity contribution < 1.29 is 27.7 Å². The number of benzene rings is 1. The van der Waals surface area contributed by atoms with Gasteiger partial charge in [-0.15, -0.1) is 11.3 Å². The van der Waals surface area contributed by atoms with Crippen molar-refractivity contribution in [3.8, 4) is 0 Å². The second-order valence-corrected chi connectivity index (χ2v) is 6.89. The van der Waals surface area contributed by atoms with Gasteiger partial charge in [0.15, 0.2) is 24.0 Å². The number of halogens is 3.